The molecule has 2 aromatic rings. The molecule has 0 aromatic carbocycles. The summed E-state index contributed by atoms with van der Waals surface area (Å²) >= 11 is 0. The van der Waals surface area contributed by atoms with Crippen molar-refractivity contribution in [2.75, 3.05) is 24.2 Å². The van der Waals surface area contributed by atoms with Crippen molar-refractivity contribution in [3.8, 4) is 5.95 Å². The summed E-state index contributed by atoms with van der Waals surface area (Å²) in [5.74, 6) is 2.08. The Kier molecular flexibility index (Phi) is 3.98. The van der Waals surface area contributed by atoms with Gasteiger partial charge in [0.25, 0.3) is 0 Å². The zero-order valence-corrected chi connectivity index (χ0v) is 12.3. The SMILES string of the molecule is CN(CC1CCCCC1)c1nc(N)nc(-n2ccnc2)n1. The Labute approximate surface area is 124 Å². The lowest BCUT2D eigenvalue weighted by molar-refractivity contribution is 0.361. The second kappa shape index (κ2) is 6.07. The van der Waals surface area contributed by atoms with Crippen LogP contribution in [0.3, 0.4) is 0 Å². The fourth-order valence-electron chi connectivity index (χ4n) is 2.87. The van der Waals surface area contributed by atoms with E-state index in [2.05, 4.69) is 24.8 Å². The molecule has 1 fully saturated rings. The van der Waals surface area contributed by atoms with Crippen LogP contribution in [0.5, 0.6) is 0 Å². The Morgan fingerprint density at radius 2 is 2.05 bits per heavy atom. The van der Waals surface area contributed by atoms with Gasteiger partial charge < -0.3 is 10.6 Å². The van der Waals surface area contributed by atoms with E-state index >= 15 is 0 Å². The molecular weight excluding hydrogens is 266 g/mol. The summed E-state index contributed by atoms with van der Waals surface area (Å²) < 4.78 is 1.73. The number of aromatic nitrogens is 5. The predicted octanol–water partition coefficient (Wildman–Crippen LogP) is 1.66. The molecule has 0 amide bonds. The summed E-state index contributed by atoms with van der Waals surface area (Å²) in [6, 6.07) is 0. The standard InChI is InChI=1S/C14H21N7/c1-20(9-11-5-3-2-4-6-11)13-17-12(15)18-14(19-13)21-8-7-16-10-21/h7-8,10-11H,2-6,9H2,1H3,(H2,15,17,18,19). The number of nitrogens with zero attached hydrogens (tertiary/aromatic N) is 6. The van der Waals surface area contributed by atoms with Crippen LogP contribution in [0.1, 0.15) is 32.1 Å². The number of nitrogens with two attached hydrogens (primary N) is 1. The number of nitrogen functional groups attached to an aromatic ring is 1. The number of hydrogen-bond donors (Lipinski definition) is 1. The van der Waals surface area contributed by atoms with Gasteiger partial charge in [-0.15, -0.1) is 0 Å². The zero-order valence-electron chi connectivity index (χ0n) is 12.3. The Morgan fingerprint density at radius 1 is 1.24 bits per heavy atom. The van der Waals surface area contributed by atoms with E-state index in [1.807, 2.05) is 7.05 Å². The van der Waals surface area contributed by atoms with Crippen molar-refractivity contribution >= 4 is 11.9 Å². The van der Waals surface area contributed by atoms with Gasteiger partial charge in [0.05, 0.1) is 0 Å². The first-order chi connectivity index (χ1) is 10.2. The number of imidazole rings is 1. The largest absolute Gasteiger partial charge is 0.368 e. The van der Waals surface area contributed by atoms with E-state index in [9.17, 15) is 0 Å². The molecule has 0 saturated heterocycles. The van der Waals surface area contributed by atoms with Gasteiger partial charge >= 0.3 is 0 Å². The lowest BCUT2D eigenvalue weighted by Crippen LogP contribution is -2.29. The fourth-order valence-corrected chi connectivity index (χ4v) is 2.87. The topological polar surface area (TPSA) is 85.8 Å². The molecule has 1 aliphatic carbocycles. The van der Waals surface area contributed by atoms with Gasteiger partial charge in [-0.2, -0.15) is 15.0 Å². The quantitative estimate of drug-likeness (QED) is 0.920. The molecule has 3 rings (SSSR count). The molecule has 2 heterocycles. The summed E-state index contributed by atoms with van der Waals surface area (Å²) in [6.07, 6.45) is 11.7. The van der Waals surface area contributed by atoms with Crippen molar-refractivity contribution in [3.05, 3.63) is 18.7 Å². The van der Waals surface area contributed by atoms with E-state index in [0.717, 1.165) is 12.5 Å². The van der Waals surface area contributed by atoms with Crippen LogP contribution < -0.4 is 10.6 Å². The molecule has 7 heteroatoms. The highest BCUT2D eigenvalue weighted by atomic mass is 15.3. The molecule has 7 nitrogen and oxygen atoms in total. The average molecular weight is 287 g/mol. The van der Waals surface area contributed by atoms with Crippen molar-refractivity contribution in [1.29, 1.82) is 0 Å². The van der Waals surface area contributed by atoms with Gasteiger partial charge in [0, 0.05) is 26.0 Å². The van der Waals surface area contributed by atoms with E-state index < -0.39 is 0 Å². The maximum Gasteiger partial charge on any atom is 0.241 e. The normalized spacial score (nSPS) is 16.0. The summed E-state index contributed by atoms with van der Waals surface area (Å²) in [4.78, 5) is 19.0. The molecule has 0 atom stereocenters. The molecule has 0 radical (unpaired) electrons. The molecule has 1 aliphatic rings. The van der Waals surface area contributed by atoms with Gasteiger partial charge in [0.2, 0.25) is 17.8 Å². The molecule has 0 unspecified atom stereocenters. The minimum absolute atomic E-state index is 0.235. The van der Waals surface area contributed by atoms with E-state index in [-0.39, 0.29) is 5.95 Å². The van der Waals surface area contributed by atoms with Crippen LogP contribution in [0.4, 0.5) is 11.9 Å². The Hall–Kier alpha value is -2.18. The van der Waals surface area contributed by atoms with Crippen LogP contribution in [-0.4, -0.2) is 38.1 Å². The molecular formula is C14H21N7. The van der Waals surface area contributed by atoms with Crippen molar-refractivity contribution < 1.29 is 0 Å². The third-order valence-corrected chi connectivity index (χ3v) is 3.96. The predicted molar refractivity (Wildman–Crippen MR) is 81.2 cm³/mol. The molecule has 0 bridgehead atoms. The van der Waals surface area contributed by atoms with Crippen molar-refractivity contribution in [3.63, 3.8) is 0 Å². The highest BCUT2D eigenvalue weighted by molar-refractivity contribution is 5.37. The Morgan fingerprint density at radius 3 is 2.76 bits per heavy atom. The van der Waals surface area contributed by atoms with E-state index in [1.165, 1.54) is 32.1 Å². The van der Waals surface area contributed by atoms with Crippen LogP contribution in [-0.2, 0) is 0 Å². The summed E-state index contributed by atoms with van der Waals surface area (Å²) in [6.45, 7) is 0.965. The van der Waals surface area contributed by atoms with Gasteiger partial charge in [0.15, 0.2) is 0 Å². The fraction of sp³-hybridized carbons (Fsp3) is 0.571. The highest BCUT2D eigenvalue weighted by Crippen LogP contribution is 2.25. The zero-order chi connectivity index (χ0) is 14.7. The van der Waals surface area contributed by atoms with Crippen LogP contribution >= 0.6 is 0 Å². The van der Waals surface area contributed by atoms with Crippen LogP contribution in [0, 0.1) is 5.92 Å². The molecule has 0 spiro atoms. The molecule has 112 valence electrons. The number of rotatable bonds is 4. The van der Waals surface area contributed by atoms with Crippen LogP contribution in [0.2, 0.25) is 0 Å². The van der Waals surface area contributed by atoms with Crippen LogP contribution in [0.15, 0.2) is 18.7 Å². The van der Waals surface area contributed by atoms with Gasteiger partial charge in [0.1, 0.15) is 6.33 Å². The third-order valence-electron chi connectivity index (χ3n) is 3.96. The summed E-state index contributed by atoms with van der Waals surface area (Å²) in [5, 5.41) is 0. The monoisotopic (exact) mass is 287 g/mol. The second-order valence-electron chi connectivity index (χ2n) is 5.65. The number of anilines is 2. The van der Waals surface area contributed by atoms with Gasteiger partial charge in [-0.3, -0.25) is 4.57 Å². The van der Waals surface area contributed by atoms with E-state index in [0.29, 0.717) is 11.9 Å². The van der Waals surface area contributed by atoms with Crippen LogP contribution in [0.25, 0.3) is 5.95 Å². The van der Waals surface area contributed by atoms with Gasteiger partial charge in [-0.25, -0.2) is 4.98 Å². The average Bonchev–Trinajstić information content (AvgIpc) is 3.02. The second-order valence-corrected chi connectivity index (χ2v) is 5.65. The molecule has 2 aromatic heterocycles. The van der Waals surface area contributed by atoms with Gasteiger partial charge in [-0.1, -0.05) is 19.3 Å². The van der Waals surface area contributed by atoms with E-state index in [1.54, 1.807) is 23.3 Å². The molecule has 0 aliphatic heterocycles. The van der Waals surface area contributed by atoms with Crippen molar-refractivity contribution in [1.82, 2.24) is 24.5 Å². The minimum atomic E-state index is 0.235. The maximum absolute atomic E-state index is 5.81. The molecule has 1 saturated carbocycles. The lowest BCUT2D eigenvalue weighted by Gasteiger charge is -2.27. The molecule has 21 heavy (non-hydrogen) atoms. The third kappa shape index (κ3) is 3.29. The Bertz CT molecular complexity index is 575. The number of hydrogen-bond acceptors (Lipinski definition) is 6. The maximum atomic E-state index is 5.81. The van der Waals surface area contributed by atoms with Crippen molar-refractivity contribution in [2.24, 2.45) is 5.92 Å². The molecule has 2 N–H and O–H groups in total. The lowest BCUT2D eigenvalue weighted by atomic mass is 9.89. The first-order valence-corrected chi connectivity index (χ1v) is 7.43. The smallest absolute Gasteiger partial charge is 0.241 e. The van der Waals surface area contributed by atoms with Crippen molar-refractivity contribution in [2.45, 2.75) is 32.1 Å². The van der Waals surface area contributed by atoms with Gasteiger partial charge in [-0.05, 0) is 18.8 Å². The first kappa shape index (κ1) is 13.8. The van der Waals surface area contributed by atoms with E-state index in [4.69, 9.17) is 5.73 Å². The summed E-state index contributed by atoms with van der Waals surface area (Å²) in [7, 11) is 2.01. The Balaban J connectivity index is 1.77. The highest BCUT2D eigenvalue weighted by Gasteiger charge is 2.18. The minimum Gasteiger partial charge on any atom is -0.368 e. The first-order valence-electron chi connectivity index (χ1n) is 7.43. The summed E-state index contributed by atoms with van der Waals surface area (Å²) in [5.41, 5.74) is 5.81.